The number of H-pyrrole nitrogens is 1. The van der Waals surface area contributed by atoms with E-state index in [0.717, 1.165) is 0 Å². The highest BCUT2D eigenvalue weighted by molar-refractivity contribution is 7.48. The fraction of sp³-hybridized carbons (Fsp3) is 0.558. The maximum absolute atomic E-state index is 15.4. The number of fused-ring (bicyclic) bond motifs is 5. The van der Waals surface area contributed by atoms with Gasteiger partial charge in [-0.25, -0.2) is 29.1 Å². The molecule has 378 valence electrons. The Morgan fingerprint density at radius 2 is 1.50 bits per heavy atom. The quantitative estimate of drug-likeness (QED) is 0.0662. The second kappa shape index (κ2) is 19.6. The molecular formula is C43H59N9O14P2Si2. The first kappa shape index (κ1) is 52.0. The molecule has 5 aromatic rings. The second-order valence-corrected chi connectivity index (χ2v) is 32.8. The van der Waals surface area contributed by atoms with Gasteiger partial charge in [-0.1, -0.05) is 59.7 Å². The van der Waals surface area contributed by atoms with Crippen LogP contribution in [0.3, 0.4) is 0 Å². The highest BCUT2D eigenvalue weighted by Crippen LogP contribution is 2.58. The van der Waals surface area contributed by atoms with Crippen LogP contribution in [-0.2, 0) is 50.1 Å². The van der Waals surface area contributed by atoms with E-state index in [0.29, 0.717) is 11.1 Å². The topological polar surface area (TPSA) is 285 Å². The number of nitrogens with one attached hydrogen (secondary N) is 2. The molecule has 7 heterocycles. The van der Waals surface area contributed by atoms with E-state index in [1.54, 1.807) is 36.4 Å². The van der Waals surface area contributed by atoms with Gasteiger partial charge >= 0.3 is 15.6 Å². The molecule has 5 unspecified atom stereocenters. The minimum atomic E-state index is -5.18. The molecule has 70 heavy (non-hydrogen) atoms. The van der Waals surface area contributed by atoms with Crippen LogP contribution in [0.5, 0.6) is 0 Å². The first-order valence-corrected chi connectivity index (χ1v) is 31.4. The van der Waals surface area contributed by atoms with Crippen molar-refractivity contribution in [2.24, 2.45) is 0 Å². The number of aromatic amines is 1. The van der Waals surface area contributed by atoms with E-state index in [1.165, 1.54) is 34.3 Å². The van der Waals surface area contributed by atoms with E-state index in [9.17, 15) is 24.3 Å². The fourth-order valence-electron chi connectivity index (χ4n) is 7.72. The van der Waals surface area contributed by atoms with Crippen molar-refractivity contribution in [3.05, 3.63) is 77.5 Å². The summed E-state index contributed by atoms with van der Waals surface area (Å²) in [6.45, 7) is 18.3. The molecule has 3 aliphatic heterocycles. The number of nitriles is 1. The van der Waals surface area contributed by atoms with Crippen LogP contribution in [0.4, 0.5) is 5.82 Å². The Balaban J connectivity index is 1.22. The summed E-state index contributed by atoms with van der Waals surface area (Å²) in [6.07, 6.45) is -5.12. The van der Waals surface area contributed by atoms with Gasteiger partial charge in [0, 0.05) is 11.8 Å². The largest absolute Gasteiger partial charge is 0.475 e. The number of amides is 1. The maximum Gasteiger partial charge on any atom is 0.475 e. The summed E-state index contributed by atoms with van der Waals surface area (Å²) in [4.78, 5) is 58.1. The van der Waals surface area contributed by atoms with Crippen molar-refractivity contribution in [2.45, 2.75) is 133 Å². The van der Waals surface area contributed by atoms with Gasteiger partial charge in [0.15, 0.2) is 51.6 Å². The van der Waals surface area contributed by atoms with E-state index in [1.807, 2.05) is 73.8 Å². The highest BCUT2D eigenvalue weighted by Gasteiger charge is 2.58. The zero-order chi connectivity index (χ0) is 50.6. The van der Waals surface area contributed by atoms with E-state index in [4.69, 9.17) is 40.9 Å². The third-order valence-corrected chi connectivity index (χ3v) is 24.9. The molecule has 3 saturated heterocycles. The average Bonchev–Trinajstić information content (AvgIpc) is 4.06. The van der Waals surface area contributed by atoms with Crippen molar-refractivity contribution in [2.75, 3.05) is 25.1 Å². The van der Waals surface area contributed by atoms with Crippen molar-refractivity contribution in [1.82, 2.24) is 34.1 Å². The van der Waals surface area contributed by atoms with E-state index in [2.05, 4.69) is 30.2 Å². The van der Waals surface area contributed by atoms with Gasteiger partial charge in [-0.2, -0.15) is 5.26 Å². The number of carbonyl (C=O) groups excluding carboxylic acids is 1. The number of carbonyl (C=O) groups is 1. The molecule has 0 aliphatic carbocycles. The minimum Gasteiger partial charge on any atom is -0.408 e. The molecule has 1 aromatic carbocycles. The molecule has 23 nitrogen and oxygen atoms in total. The number of rotatable bonds is 11. The van der Waals surface area contributed by atoms with Crippen LogP contribution in [0.1, 0.15) is 70.8 Å². The van der Waals surface area contributed by atoms with Gasteiger partial charge in [0.1, 0.15) is 43.0 Å². The third-order valence-electron chi connectivity index (χ3n) is 13.5. The van der Waals surface area contributed by atoms with Crippen LogP contribution in [0.15, 0.2) is 66.4 Å². The predicted octanol–water partition coefficient (Wildman–Crippen LogP) is 7.35. The lowest BCUT2D eigenvalue weighted by Gasteiger charge is -2.41. The van der Waals surface area contributed by atoms with Crippen LogP contribution >= 0.6 is 15.6 Å². The molecule has 8 rings (SSSR count). The van der Waals surface area contributed by atoms with Gasteiger partial charge in [-0.15, -0.1) is 0 Å². The second-order valence-electron chi connectivity index (χ2n) is 20.3. The molecule has 3 aliphatic rings. The lowest BCUT2D eigenvalue weighted by Crippen LogP contribution is -2.50. The number of benzene rings is 1. The SMILES string of the molecule is CC(C)(C)[Si](C)(C)OC1C2COP(=O)(OCCC#N)O[C@H]3C(O[Si](C)(C)C(C)(C)C)[C@H](n4cnc5c(NC(=O)c6ccccc6)ncnc54)O[C@@H]3COP(=O)(O)O[C@H]1[C@H](n1cnc3c(=O)[nH]ccc31)O2. The van der Waals surface area contributed by atoms with Gasteiger partial charge in [0.2, 0.25) is 0 Å². The number of phosphoric acid groups is 2. The Labute approximate surface area is 406 Å². The molecule has 0 spiro atoms. The Bertz CT molecular complexity index is 2920. The lowest BCUT2D eigenvalue weighted by atomic mass is 10.1. The van der Waals surface area contributed by atoms with Gasteiger partial charge in [0.05, 0.1) is 50.5 Å². The number of pyridine rings is 1. The fourth-order valence-corrected chi connectivity index (χ4v) is 12.6. The van der Waals surface area contributed by atoms with E-state index >= 15 is 4.57 Å². The molecule has 4 aromatic heterocycles. The summed E-state index contributed by atoms with van der Waals surface area (Å²) >= 11 is 0. The number of hydrogen-bond acceptors (Lipinski definition) is 18. The highest BCUT2D eigenvalue weighted by atomic mass is 31.2. The van der Waals surface area contributed by atoms with Crippen molar-refractivity contribution < 1.29 is 59.8 Å². The normalized spacial score (nSPS) is 29.2. The first-order chi connectivity index (χ1) is 32.8. The number of anilines is 1. The van der Waals surface area contributed by atoms with Gasteiger partial charge < -0.3 is 38.1 Å². The van der Waals surface area contributed by atoms with Crippen LogP contribution in [0, 0.1) is 11.3 Å². The van der Waals surface area contributed by atoms with Crippen molar-refractivity contribution in [1.29, 1.82) is 5.26 Å². The summed E-state index contributed by atoms with van der Waals surface area (Å²) in [5.74, 6) is -0.340. The van der Waals surface area contributed by atoms with Crippen molar-refractivity contribution in [3.8, 4) is 6.07 Å². The average molecular weight is 1040 g/mol. The zero-order valence-corrected chi connectivity index (χ0v) is 44.3. The molecule has 10 atom stereocenters. The molecule has 2 bridgehead atoms. The summed E-state index contributed by atoms with van der Waals surface area (Å²) < 4.78 is 90.9. The lowest BCUT2D eigenvalue weighted by molar-refractivity contribution is -0.0685. The Kier molecular flexibility index (Phi) is 14.5. The Hall–Kier alpha value is -4.36. The number of nitrogens with zero attached hydrogens (tertiary/aromatic N) is 7. The third kappa shape index (κ3) is 10.6. The summed E-state index contributed by atoms with van der Waals surface area (Å²) in [7, 11) is -15.7. The molecule has 0 radical (unpaired) electrons. The number of phosphoric ester groups is 2. The van der Waals surface area contributed by atoms with Crippen molar-refractivity contribution >= 4 is 66.2 Å². The minimum absolute atomic E-state index is 0.0618. The van der Waals surface area contributed by atoms with E-state index in [-0.39, 0.29) is 35.5 Å². The van der Waals surface area contributed by atoms with Crippen LogP contribution in [0.2, 0.25) is 36.3 Å². The molecular weight excluding hydrogens is 985 g/mol. The van der Waals surface area contributed by atoms with Gasteiger partial charge in [-0.05, 0) is 54.5 Å². The number of aromatic nitrogens is 7. The Morgan fingerprint density at radius 3 is 2.19 bits per heavy atom. The summed E-state index contributed by atoms with van der Waals surface area (Å²) in [6, 6.07) is 12.1. The molecule has 1 amide bonds. The number of ether oxygens (including phenoxy) is 2. The molecule has 27 heteroatoms. The number of imidazole rings is 2. The molecule has 0 saturated carbocycles. The Morgan fingerprint density at radius 1 is 0.857 bits per heavy atom. The van der Waals surface area contributed by atoms with E-state index < -0.39 is 116 Å². The zero-order valence-electron chi connectivity index (χ0n) is 40.5. The molecule has 3 fully saturated rings. The van der Waals surface area contributed by atoms with Crippen LogP contribution in [-0.4, -0.2) is 118 Å². The van der Waals surface area contributed by atoms with Crippen LogP contribution in [0.25, 0.3) is 22.2 Å². The van der Waals surface area contributed by atoms with Gasteiger partial charge in [-0.3, -0.25) is 36.8 Å². The first-order valence-electron chi connectivity index (χ1n) is 22.7. The standard InChI is InChI=1S/C43H59N9O14P2Si2/c1-42(2,3)69(7,8)65-33-29-22-60-68(57,58-20-14-18-44)64-32-28(21-59-67(55,56)63-34(33)40(62-29)51-24-48-30-27(51)17-19-45-39(30)54)61-41(35(32)66-70(9,10)43(4,5)6)52-25-49-31-36(46-23-47-37(31)52)50-38(53)26-15-12-11-13-16-26/h11-13,15-17,19,23-25,28-29,32-35,40-41H,14,20-22H2,1-10H3,(H,45,54)(H,55,56)(H,46,47,50,53)/t28-,29?,32-,33?,34-,35?,40-,41-,68?/m1/s1. The molecule has 3 N–H and O–H groups in total. The number of hydrogen-bond donors (Lipinski definition) is 3. The van der Waals surface area contributed by atoms with Crippen LogP contribution < -0.4 is 10.9 Å². The summed E-state index contributed by atoms with van der Waals surface area (Å²) in [5, 5.41) is 11.5. The summed E-state index contributed by atoms with van der Waals surface area (Å²) in [5.41, 5.74) is 0.655. The smallest absolute Gasteiger partial charge is 0.408 e. The monoisotopic (exact) mass is 1040 g/mol. The van der Waals surface area contributed by atoms with Gasteiger partial charge in [0.25, 0.3) is 11.5 Å². The van der Waals surface area contributed by atoms with Crippen molar-refractivity contribution in [3.63, 3.8) is 0 Å². The maximum atomic E-state index is 15.4. The predicted molar refractivity (Wildman–Crippen MR) is 257 cm³/mol.